The van der Waals surface area contributed by atoms with Crippen LogP contribution in [-0.2, 0) is 14.4 Å². The zero-order valence-electron chi connectivity index (χ0n) is 8.83. The van der Waals surface area contributed by atoms with Crippen molar-refractivity contribution in [1.29, 1.82) is 0 Å². The number of esters is 1. The molecule has 0 unspecified atom stereocenters. The summed E-state index contributed by atoms with van der Waals surface area (Å²) < 4.78 is 5.29. The van der Waals surface area contributed by atoms with E-state index in [0.717, 1.165) is 0 Å². The summed E-state index contributed by atoms with van der Waals surface area (Å²) in [4.78, 5) is 15.5. The molecule has 0 aliphatic rings. The monoisotopic (exact) mass is 224 g/mol. The number of rotatable bonds is 5. The van der Waals surface area contributed by atoms with E-state index in [1.165, 1.54) is 18.6 Å². The molecule has 0 N–H and O–H groups in total. The van der Waals surface area contributed by atoms with E-state index < -0.39 is 5.97 Å². The molecular formula is C10H12N2O4. The van der Waals surface area contributed by atoms with E-state index in [1.807, 2.05) is 0 Å². The standard InChI is InChI=1S/C10H12N2O4/c1-2-15-10(13)8-16-11-7-9-3-5-12(14)6-4-9/h3-7H,2,8H2,1H3/b11-7-. The van der Waals surface area contributed by atoms with Crippen molar-refractivity contribution in [3.8, 4) is 0 Å². The molecule has 1 aromatic rings. The zero-order chi connectivity index (χ0) is 11.8. The van der Waals surface area contributed by atoms with E-state index in [4.69, 9.17) is 4.84 Å². The Balaban J connectivity index is 2.32. The van der Waals surface area contributed by atoms with Crippen molar-refractivity contribution in [2.75, 3.05) is 13.2 Å². The Kier molecular flexibility index (Phi) is 4.78. The highest BCUT2D eigenvalue weighted by Crippen LogP contribution is 1.90. The molecule has 0 saturated carbocycles. The van der Waals surface area contributed by atoms with Gasteiger partial charge < -0.3 is 14.8 Å². The van der Waals surface area contributed by atoms with Gasteiger partial charge in [0.15, 0.2) is 12.4 Å². The minimum absolute atomic E-state index is 0.223. The number of carbonyl (C=O) groups is 1. The van der Waals surface area contributed by atoms with Crippen molar-refractivity contribution in [2.24, 2.45) is 5.16 Å². The van der Waals surface area contributed by atoms with Gasteiger partial charge in [0.25, 0.3) is 0 Å². The maximum atomic E-state index is 10.8. The molecule has 0 spiro atoms. The lowest BCUT2D eigenvalue weighted by Gasteiger charge is -1.99. The predicted molar refractivity (Wildman–Crippen MR) is 55.6 cm³/mol. The normalized spacial score (nSPS) is 10.3. The Hall–Kier alpha value is -2.11. The summed E-state index contributed by atoms with van der Waals surface area (Å²) in [5, 5.41) is 14.2. The van der Waals surface area contributed by atoms with Crippen LogP contribution in [0.3, 0.4) is 0 Å². The van der Waals surface area contributed by atoms with Crippen molar-refractivity contribution in [3.05, 3.63) is 35.3 Å². The fourth-order valence-corrected chi connectivity index (χ4v) is 0.901. The molecule has 0 radical (unpaired) electrons. The van der Waals surface area contributed by atoms with Crippen LogP contribution in [0, 0.1) is 5.21 Å². The fraction of sp³-hybridized carbons (Fsp3) is 0.300. The smallest absolute Gasteiger partial charge is 0.347 e. The Bertz CT molecular complexity index is 362. The SMILES string of the molecule is CCOC(=O)CO/N=C\c1cc[n+]([O-])cc1. The third-order valence-corrected chi connectivity index (χ3v) is 1.59. The van der Waals surface area contributed by atoms with Crippen LogP contribution in [0.15, 0.2) is 29.7 Å². The number of ether oxygens (including phenoxy) is 1. The Labute approximate surface area is 92.7 Å². The first kappa shape index (κ1) is 12.0. The second kappa shape index (κ2) is 6.39. The number of nitrogens with zero attached hydrogens (tertiary/aromatic N) is 2. The molecule has 1 heterocycles. The molecule has 1 rings (SSSR count). The lowest BCUT2D eigenvalue weighted by atomic mass is 10.3. The van der Waals surface area contributed by atoms with Crippen LogP contribution >= 0.6 is 0 Å². The molecule has 0 bridgehead atoms. The van der Waals surface area contributed by atoms with Crippen LogP contribution in [0.2, 0.25) is 0 Å². The Morgan fingerprint density at radius 3 is 2.88 bits per heavy atom. The Morgan fingerprint density at radius 1 is 1.56 bits per heavy atom. The summed E-state index contributed by atoms with van der Waals surface area (Å²) in [6.45, 7) is 1.80. The summed E-state index contributed by atoms with van der Waals surface area (Å²) in [7, 11) is 0. The molecule has 6 heteroatoms. The summed E-state index contributed by atoms with van der Waals surface area (Å²) in [5.41, 5.74) is 0.705. The number of oxime groups is 1. The second-order valence-electron chi connectivity index (χ2n) is 2.80. The summed E-state index contributed by atoms with van der Waals surface area (Å²) in [6.07, 6.45) is 4.08. The molecule has 0 amide bonds. The lowest BCUT2D eigenvalue weighted by molar-refractivity contribution is -0.605. The van der Waals surface area contributed by atoms with Gasteiger partial charge in [0.1, 0.15) is 0 Å². The van der Waals surface area contributed by atoms with E-state index in [-0.39, 0.29) is 6.61 Å². The van der Waals surface area contributed by atoms with Crippen LogP contribution in [0.25, 0.3) is 0 Å². The van der Waals surface area contributed by atoms with Gasteiger partial charge in [0.05, 0.1) is 12.8 Å². The highest BCUT2D eigenvalue weighted by atomic mass is 16.6. The largest absolute Gasteiger partial charge is 0.619 e. The molecule has 6 nitrogen and oxygen atoms in total. The maximum absolute atomic E-state index is 10.8. The van der Waals surface area contributed by atoms with Crippen LogP contribution in [0.4, 0.5) is 0 Å². The van der Waals surface area contributed by atoms with Gasteiger partial charge in [-0.15, -0.1) is 0 Å². The quantitative estimate of drug-likeness (QED) is 0.236. The van der Waals surface area contributed by atoms with Gasteiger partial charge in [-0.3, -0.25) is 0 Å². The van der Waals surface area contributed by atoms with Gasteiger partial charge in [-0.05, 0) is 6.92 Å². The van der Waals surface area contributed by atoms with Crippen LogP contribution in [-0.4, -0.2) is 25.4 Å². The minimum Gasteiger partial charge on any atom is -0.619 e. The highest BCUT2D eigenvalue weighted by molar-refractivity contribution is 5.78. The number of hydrogen-bond donors (Lipinski definition) is 0. The summed E-state index contributed by atoms with van der Waals surface area (Å²) >= 11 is 0. The third-order valence-electron chi connectivity index (χ3n) is 1.59. The molecule has 0 saturated heterocycles. The first-order valence-electron chi connectivity index (χ1n) is 4.72. The molecule has 0 fully saturated rings. The van der Waals surface area contributed by atoms with Crippen LogP contribution in [0.1, 0.15) is 12.5 Å². The molecule has 0 aliphatic heterocycles. The van der Waals surface area contributed by atoms with E-state index in [2.05, 4.69) is 9.89 Å². The average Bonchev–Trinajstić information content (AvgIpc) is 2.27. The topological polar surface area (TPSA) is 74.8 Å². The molecule has 0 atom stereocenters. The summed E-state index contributed by atoms with van der Waals surface area (Å²) in [6, 6.07) is 3.15. The van der Waals surface area contributed by atoms with Crippen LogP contribution in [0.5, 0.6) is 0 Å². The molecular weight excluding hydrogens is 212 g/mol. The molecule has 0 aliphatic carbocycles. The number of aromatic nitrogens is 1. The first-order valence-corrected chi connectivity index (χ1v) is 4.72. The van der Waals surface area contributed by atoms with Gasteiger partial charge in [0, 0.05) is 17.7 Å². The van der Waals surface area contributed by atoms with Gasteiger partial charge in [-0.25, -0.2) is 4.79 Å². The van der Waals surface area contributed by atoms with E-state index in [0.29, 0.717) is 16.9 Å². The van der Waals surface area contributed by atoms with Crippen molar-refractivity contribution in [1.82, 2.24) is 0 Å². The highest BCUT2D eigenvalue weighted by Gasteiger charge is 1.99. The van der Waals surface area contributed by atoms with Gasteiger partial charge >= 0.3 is 5.97 Å². The third kappa shape index (κ3) is 4.41. The fourth-order valence-electron chi connectivity index (χ4n) is 0.901. The number of carbonyl (C=O) groups excluding carboxylic acids is 1. The first-order chi connectivity index (χ1) is 7.72. The van der Waals surface area contributed by atoms with Gasteiger partial charge in [-0.2, -0.15) is 4.73 Å². The molecule has 16 heavy (non-hydrogen) atoms. The van der Waals surface area contributed by atoms with Crippen molar-refractivity contribution < 1.29 is 19.1 Å². The van der Waals surface area contributed by atoms with E-state index in [9.17, 15) is 10.0 Å². The van der Waals surface area contributed by atoms with Crippen molar-refractivity contribution >= 4 is 12.2 Å². The average molecular weight is 224 g/mol. The predicted octanol–water partition coefficient (Wildman–Crippen LogP) is 0.234. The number of hydrogen-bond acceptors (Lipinski definition) is 5. The van der Waals surface area contributed by atoms with Gasteiger partial charge in [0.2, 0.25) is 6.61 Å². The van der Waals surface area contributed by atoms with Crippen LogP contribution < -0.4 is 4.73 Å². The molecule has 1 aromatic heterocycles. The summed E-state index contributed by atoms with van der Waals surface area (Å²) in [5.74, 6) is -0.467. The minimum atomic E-state index is -0.467. The Morgan fingerprint density at radius 2 is 2.25 bits per heavy atom. The van der Waals surface area contributed by atoms with Crippen molar-refractivity contribution in [3.63, 3.8) is 0 Å². The van der Waals surface area contributed by atoms with E-state index in [1.54, 1.807) is 19.1 Å². The molecule has 86 valence electrons. The lowest BCUT2D eigenvalue weighted by Crippen LogP contribution is -2.23. The zero-order valence-corrected chi connectivity index (χ0v) is 8.83. The van der Waals surface area contributed by atoms with Crippen molar-refractivity contribution in [2.45, 2.75) is 6.92 Å². The second-order valence-corrected chi connectivity index (χ2v) is 2.80. The van der Waals surface area contributed by atoms with E-state index >= 15 is 0 Å². The molecule has 0 aromatic carbocycles. The maximum Gasteiger partial charge on any atom is 0.347 e. The number of pyridine rings is 1. The van der Waals surface area contributed by atoms with Gasteiger partial charge in [-0.1, -0.05) is 5.16 Å².